The molecule has 0 amide bonds. The maximum Gasteiger partial charge on any atom is 0.262 e. The molecule has 9 heteroatoms. The smallest absolute Gasteiger partial charge is 0.262 e. The van der Waals surface area contributed by atoms with Gasteiger partial charge in [-0.3, -0.25) is 0 Å². The lowest BCUT2D eigenvalue weighted by atomic mass is 10.1. The van der Waals surface area contributed by atoms with Gasteiger partial charge in [0, 0.05) is 10.7 Å². The van der Waals surface area contributed by atoms with Crippen LogP contribution in [0.1, 0.15) is 31.7 Å². The molecule has 1 aliphatic heterocycles. The Morgan fingerprint density at radius 1 is 0.971 bits per heavy atom. The molecule has 1 aromatic heterocycles. The Labute approximate surface area is 216 Å². The summed E-state index contributed by atoms with van der Waals surface area (Å²) < 4.78 is 39.4. The number of nitrogens with zero attached hydrogens (tertiary/aromatic N) is 4. The molecule has 0 aliphatic carbocycles. The summed E-state index contributed by atoms with van der Waals surface area (Å²) in [6.45, 7) is 4.17. The molecule has 0 N–H and O–H groups in total. The zero-order valence-corrected chi connectivity index (χ0v) is 22.0. The lowest BCUT2D eigenvalue weighted by Gasteiger charge is -2.48. The largest absolute Gasteiger partial charge is 0.398 e. The number of halogens is 2. The third-order valence-corrected chi connectivity index (χ3v) is 11.3. The van der Waals surface area contributed by atoms with Crippen molar-refractivity contribution in [3.8, 4) is 0 Å². The first-order chi connectivity index (χ1) is 17.4. The predicted molar refractivity (Wildman–Crippen MR) is 140 cm³/mol. The van der Waals surface area contributed by atoms with Gasteiger partial charge in [-0.2, -0.15) is 15.0 Å². The number of anilines is 1. The fourth-order valence-electron chi connectivity index (χ4n) is 4.48. The molecular formula is C25H30Cl2N4O2Si. The second kappa shape index (κ2) is 9.91. The Morgan fingerprint density at radius 2 is 1.53 bits per heavy atom. The Hall–Kier alpha value is -2.03. The molecule has 0 saturated carbocycles. The van der Waals surface area contributed by atoms with Gasteiger partial charge in [-0.1, -0.05) is 81.4 Å². The fourth-order valence-corrected chi connectivity index (χ4v) is 9.47. The Bertz CT molecular complexity index is 1160. The number of aromatic nitrogens is 3. The Kier molecular flexibility index (Phi) is 6.20. The molecule has 2 aromatic carbocycles. The van der Waals surface area contributed by atoms with Crippen LogP contribution in [-0.2, 0) is 9.16 Å². The van der Waals surface area contributed by atoms with Crippen molar-refractivity contribution in [2.75, 3.05) is 31.2 Å². The van der Waals surface area contributed by atoms with E-state index < -0.39 is 25.8 Å². The number of ether oxygens (including phenoxy) is 1. The molecule has 1 unspecified atom stereocenters. The van der Waals surface area contributed by atoms with Crippen molar-refractivity contribution in [3.63, 3.8) is 0 Å². The average molecular weight is 521 g/mol. The van der Waals surface area contributed by atoms with Crippen LogP contribution in [-0.4, -0.2) is 55.2 Å². The van der Waals surface area contributed by atoms with Crippen LogP contribution in [0.2, 0.25) is 15.6 Å². The van der Waals surface area contributed by atoms with E-state index in [4.69, 9.17) is 36.5 Å². The quantitative estimate of drug-likeness (QED) is 0.467. The van der Waals surface area contributed by atoms with Crippen molar-refractivity contribution in [3.05, 3.63) is 71.2 Å². The Morgan fingerprint density at radius 3 is 2.03 bits per heavy atom. The van der Waals surface area contributed by atoms with E-state index in [9.17, 15) is 0 Å². The van der Waals surface area contributed by atoms with Crippen LogP contribution < -0.4 is 15.3 Å². The lowest BCUT2D eigenvalue weighted by Crippen LogP contribution is -2.70. The third kappa shape index (κ3) is 5.14. The van der Waals surface area contributed by atoms with Gasteiger partial charge in [0.15, 0.2) is 0 Å². The highest BCUT2D eigenvalue weighted by molar-refractivity contribution is 6.99. The van der Waals surface area contributed by atoms with Crippen molar-refractivity contribution in [2.45, 2.75) is 38.3 Å². The van der Waals surface area contributed by atoms with Gasteiger partial charge in [-0.15, -0.1) is 0 Å². The minimum atomic E-state index is -3.27. The van der Waals surface area contributed by atoms with Gasteiger partial charge in [-0.25, -0.2) is 0 Å². The molecule has 1 saturated heterocycles. The second-order valence-electron chi connectivity index (χ2n) is 9.41. The minimum Gasteiger partial charge on any atom is -0.398 e. The van der Waals surface area contributed by atoms with E-state index in [1.165, 1.54) is 0 Å². The fraction of sp³-hybridized carbons (Fsp3) is 0.400. The molecule has 1 fully saturated rings. The van der Waals surface area contributed by atoms with Crippen LogP contribution in [0.25, 0.3) is 0 Å². The highest BCUT2D eigenvalue weighted by Gasteiger charge is 2.54. The number of benzene rings is 2. The summed E-state index contributed by atoms with van der Waals surface area (Å²) in [6.07, 6.45) is 0. The molecule has 4 rings (SSSR count). The van der Waals surface area contributed by atoms with Gasteiger partial charge >= 0.3 is 0 Å². The van der Waals surface area contributed by atoms with Gasteiger partial charge in [0.25, 0.3) is 8.32 Å². The van der Waals surface area contributed by atoms with Crippen LogP contribution in [0.15, 0.2) is 60.7 Å². The van der Waals surface area contributed by atoms with Gasteiger partial charge in [0.1, 0.15) is 0 Å². The highest BCUT2D eigenvalue weighted by Crippen LogP contribution is 2.40. The van der Waals surface area contributed by atoms with Crippen molar-refractivity contribution in [2.24, 2.45) is 0 Å². The first-order valence-electron chi connectivity index (χ1n) is 12.6. The molecule has 0 spiro atoms. The maximum absolute atomic E-state index is 8.74. The molecule has 1 atom stereocenters. The molecule has 180 valence electrons. The van der Waals surface area contributed by atoms with Crippen molar-refractivity contribution < 1.29 is 13.3 Å². The van der Waals surface area contributed by atoms with E-state index in [0.29, 0.717) is 6.54 Å². The van der Waals surface area contributed by atoms with Crippen LogP contribution >= 0.6 is 23.2 Å². The standard InChI is InChI=1S/C25H30Cl2N4O2Si/c1-24(2,3)34(19-11-7-5-8-12-19,20-13-9-6-10-14-20)33-25(4)17-31(15-16-32-18-25)23-29-21(26)28-22(27)30-23/h5-14H,15-18H2,1-4H3/i4D3. The summed E-state index contributed by atoms with van der Waals surface area (Å²) in [5, 5.41) is 1.35. The van der Waals surface area contributed by atoms with Crippen LogP contribution in [0.5, 0.6) is 0 Å². The van der Waals surface area contributed by atoms with E-state index >= 15 is 0 Å². The van der Waals surface area contributed by atoms with Crippen LogP contribution in [0.3, 0.4) is 0 Å². The molecule has 1 aliphatic rings. The molecule has 3 aromatic rings. The summed E-state index contributed by atoms with van der Waals surface area (Å²) in [4.78, 5) is 13.9. The monoisotopic (exact) mass is 519 g/mol. The predicted octanol–water partition coefficient (Wildman–Crippen LogP) is 4.35. The van der Waals surface area contributed by atoms with Crippen LogP contribution in [0.4, 0.5) is 5.95 Å². The molecule has 0 bridgehead atoms. The molecule has 2 heterocycles. The van der Waals surface area contributed by atoms with E-state index in [1.54, 1.807) is 4.90 Å². The van der Waals surface area contributed by atoms with Crippen molar-refractivity contribution in [1.82, 2.24) is 15.0 Å². The minimum absolute atomic E-state index is 0.0509. The molecule has 6 nitrogen and oxygen atoms in total. The van der Waals surface area contributed by atoms with Gasteiger partial charge in [-0.05, 0) is 45.5 Å². The van der Waals surface area contributed by atoms with Crippen molar-refractivity contribution >= 4 is 47.8 Å². The highest BCUT2D eigenvalue weighted by atomic mass is 35.5. The van der Waals surface area contributed by atoms with Crippen molar-refractivity contribution in [1.29, 1.82) is 0 Å². The normalized spacial score (nSPS) is 21.3. The maximum atomic E-state index is 8.74. The van der Waals surface area contributed by atoms with Gasteiger partial charge in [0.05, 0.1) is 25.4 Å². The first kappa shape index (κ1) is 21.3. The zero-order valence-electron chi connectivity index (χ0n) is 22.5. The second-order valence-corrected chi connectivity index (χ2v) is 14.3. The third-order valence-electron chi connectivity index (χ3n) is 5.90. The number of hydrogen-bond donors (Lipinski definition) is 0. The van der Waals surface area contributed by atoms with E-state index in [-0.39, 0.29) is 36.3 Å². The summed E-state index contributed by atoms with van der Waals surface area (Å²) in [6, 6.07) is 19.8. The molecule has 0 radical (unpaired) electrons. The SMILES string of the molecule is [2H]C([2H])([2H])C1(O[Si](c2ccccc2)(c2ccccc2)C(C)(C)C)COCCN(c2nc(Cl)nc(Cl)n2)C1. The first-order valence-corrected chi connectivity index (χ1v) is 13.8. The molecular weight excluding hydrogens is 487 g/mol. The van der Waals surface area contributed by atoms with Gasteiger partial charge < -0.3 is 14.1 Å². The zero-order chi connectivity index (χ0) is 26.9. The Balaban J connectivity index is 1.93. The summed E-state index contributed by atoms with van der Waals surface area (Å²) >= 11 is 12.1. The summed E-state index contributed by atoms with van der Waals surface area (Å²) in [5.41, 5.74) is -1.71. The average Bonchev–Trinajstić information content (AvgIpc) is 3.06. The number of hydrogen-bond acceptors (Lipinski definition) is 6. The lowest BCUT2D eigenvalue weighted by molar-refractivity contribution is -0.000393. The topological polar surface area (TPSA) is 60.4 Å². The van der Waals surface area contributed by atoms with E-state index in [1.807, 2.05) is 60.7 Å². The van der Waals surface area contributed by atoms with Crippen LogP contribution in [0, 0.1) is 0 Å². The summed E-state index contributed by atoms with van der Waals surface area (Å²) in [5.74, 6) is 0.176. The number of rotatable bonds is 5. The van der Waals surface area contributed by atoms with E-state index in [0.717, 1.165) is 10.4 Å². The summed E-state index contributed by atoms with van der Waals surface area (Å²) in [7, 11) is -3.27. The van der Waals surface area contributed by atoms with Gasteiger partial charge in [0.2, 0.25) is 16.5 Å². The molecule has 34 heavy (non-hydrogen) atoms. The van der Waals surface area contributed by atoms with E-state index in [2.05, 4.69) is 35.7 Å².